The summed E-state index contributed by atoms with van der Waals surface area (Å²) >= 11 is 0. The zero-order chi connectivity index (χ0) is 8.98. The highest BCUT2D eigenvalue weighted by Crippen LogP contribution is 2.56. The first-order valence-electron chi connectivity index (χ1n) is 4.57. The second-order valence-electron chi connectivity index (χ2n) is 4.83. The molecule has 0 N–H and O–H groups in total. The van der Waals surface area contributed by atoms with Gasteiger partial charge < -0.3 is 0 Å². The first kappa shape index (κ1) is 8.10. The lowest BCUT2D eigenvalue weighted by Crippen LogP contribution is -2.31. The average molecular weight is 160 g/mol. The lowest BCUT2D eigenvalue weighted by Gasteiger charge is -2.39. The third-order valence-electron chi connectivity index (χ3n) is 3.67. The summed E-state index contributed by atoms with van der Waals surface area (Å²) in [6.07, 6.45) is 8.91. The van der Waals surface area contributed by atoms with Gasteiger partial charge in [0.25, 0.3) is 0 Å². The lowest BCUT2D eigenvalue weighted by atomic mass is 9.64. The van der Waals surface area contributed by atoms with Crippen LogP contribution in [0.15, 0.2) is 23.3 Å². The molecule has 0 heterocycles. The molecule has 2 aliphatic rings. The van der Waals surface area contributed by atoms with E-state index in [4.69, 9.17) is 0 Å². The van der Waals surface area contributed by atoms with Gasteiger partial charge in [0, 0.05) is 12.8 Å². The smallest absolute Gasteiger partial charge is 0.00863 e. The third kappa shape index (κ3) is 0.972. The number of allylic oxidation sites excluding steroid dienone is 4. The summed E-state index contributed by atoms with van der Waals surface area (Å²) in [5, 5.41) is 0. The van der Waals surface area contributed by atoms with E-state index in [9.17, 15) is 0 Å². The van der Waals surface area contributed by atoms with Crippen LogP contribution in [0, 0.1) is 23.7 Å². The lowest BCUT2D eigenvalue weighted by molar-refractivity contribution is 0.217. The van der Waals surface area contributed by atoms with Crippen molar-refractivity contribution in [3.8, 4) is 0 Å². The van der Waals surface area contributed by atoms with Crippen molar-refractivity contribution in [3.05, 3.63) is 36.1 Å². The van der Waals surface area contributed by atoms with Crippen LogP contribution in [-0.4, -0.2) is 0 Å². The van der Waals surface area contributed by atoms with Gasteiger partial charge in [-0.15, -0.1) is 0 Å². The standard InChI is InChI=1S/C12H16/c1-11(2,9-5-6-9)12(3,4)10-7-8-10/h5-8H,1-4H3. The number of hydrogen-bond acceptors (Lipinski definition) is 0. The van der Waals surface area contributed by atoms with Crippen LogP contribution in [0.2, 0.25) is 0 Å². The Hall–Kier alpha value is -0.520. The molecular weight excluding hydrogens is 144 g/mol. The van der Waals surface area contributed by atoms with E-state index < -0.39 is 0 Å². The van der Waals surface area contributed by atoms with Gasteiger partial charge in [-0.25, -0.2) is 0 Å². The van der Waals surface area contributed by atoms with E-state index in [-0.39, 0.29) is 0 Å². The molecule has 0 atom stereocenters. The number of hydrogen-bond donors (Lipinski definition) is 0. The molecule has 0 aromatic rings. The van der Waals surface area contributed by atoms with E-state index in [1.807, 2.05) is 0 Å². The minimum Gasteiger partial charge on any atom is -0.0760 e. The molecule has 0 heteroatoms. The van der Waals surface area contributed by atoms with Crippen molar-refractivity contribution < 1.29 is 0 Å². The molecule has 0 aromatic carbocycles. The van der Waals surface area contributed by atoms with Crippen molar-refractivity contribution in [2.24, 2.45) is 10.8 Å². The normalized spacial score (nSPS) is 21.7. The van der Waals surface area contributed by atoms with Crippen LogP contribution in [0.5, 0.6) is 0 Å². The molecule has 12 heavy (non-hydrogen) atoms. The summed E-state index contributed by atoms with van der Waals surface area (Å²) in [5.74, 6) is 0. The molecule has 0 saturated carbocycles. The van der Waals surface area contributed by atoms with Crippen LogP contribution in [0.4, 0.5) is 0 Å². The predicted molar refractivity (Wildman–Crippen MR) is 52.3 cm³/mol. The van der Waals surface area contributed by atoms with Gasteiger partial charge in [0.2, 0.25) is 0 Å². The molecule has 0 nitrogen and oxygen atoms in total. The van der Waals surface area contributed by atoms with Crippen LogP contribution < -0.4 is 0 Å². The predicted octanol–water partition coefficient (Wildman–Crippen LogP) is 3.33. The molecule has 0 bridgehead atoms. The van der Waals surface area contributed by atoms with Crippen molar-refractivity contribution in [2.45, 2.75) is 27.7 Å². The Bertz CT molecular complexity index is 244. The first-order chi connectivity index (χ1) is 5.46. The van der Waals surface area contributed by atoms with Gasteiger partial charge in [0.15, 0.2) is 0 Å². The van der Waals surface area contributed by atoms with Crippen LogP contribution >= 0.6 is 0 Å². The highest BCUT2D eigenvalue weighted by Gasteiger charge is 2.46. The Morgan fingerprint density at radius 2 is 1.00 bits per heavy atom. The van der Waals surface area contributed by atoms with Crippen LogP contribution in [0.25, 0.3) is 0 Å². The summed E-state index contributed by atoms with van der Waals surface area (Å²) in [5.41, 5.74) is 3.61. The van der Waals surface area contributed by atoms with E-state index in [1.54, 1.807) is 0 Å². The molecule has 2 rings (SSSR count). The van der Waals surface area contributed by atoms with Crippen molar-refractivity contribution in [1.29, 1.82) is 0 Å². The monoisotopic (exact) mass is 160 g/mol. The highest BCUT2D eigenvalue weighted by molar-refractivity contribution is 5.52. The fraction of sp³-hybridized carbons (Fsp3) is 0.500. The van der Waals surface area contributed by atoms with E-state index in [0.29, 0.717) is 10.8 Å². The van der Waals surface area contributed by atoms with Gasteiger partial charge >= 0.3 is 0 Å². The van der Waals surface area contributed by atoms with E-state index >= 15 is 0 Å². The van der Waals surface area contributed by atoms with Gasteiger partial charge in [-0.3, -0.25) is 0 Å². The average Bonchev–Trinajstić information content (AvgIpc) is 2.82. The zero-order valence-corrected chi connectivity index (χ0v) is 8.31. The van der Waals surface area contributed by atoms with Crippen molar-refractivity contribution in [2.75, 3.05) is 0 Å². The fourth-order valence-corrected chi connectivity index (χ4v) is 1.64. The SMILES string of the molecule is CC(C)(C1=C[CH]1)C(C)(C)C1=C[CH]1. The maximum absolute atomic E-state index is 2.33. The largest absolute Gasteiger partial charge is 0.0760 e. The van der Waals surface area contributed by atoms with Crippen molar-refractivity contribution in [3.63, 3.8) is 0 Å². The van der Waals surface area contributed by atoms with E-state index in [0.717, 1.165) is 0 Å². The van der Waals surface area contributed by atoms with Gasteiger partial charge in [-0.2, -0.15) is 0 Å². The second-order valence-corrected chi connectivity index (χ2v) is 4.83. The highest BCUT2D eigenvalue weighted by atomic mass is 14.5. The summed E-state index contributed by atoms with van der Waals surface area (Å²) in [4.78, 5) is 0. The second kappa shape index (κ2) is 2.04. The van der Waals surface area contributed by atoms with Crippen LogP contribution in [0.1, 0.15) is 27.7 Å². The maximum atomic E-state index is 2.33. The summed E-state index contributed by atoms with van der Waals surface area (Å²) in [6.45, 7) is 9.31. The molecule has 0 fully saturated rings. The van der Waals surface area contributed by atoms with Crippen molar-refractivity contribution in [1.82, 2.24) is 0 Å². The summed E-state index contributed by atoms with van der Waals surface area (Å²) in [6, 6.07) is 0. The molecule has 0 aromatic heterocycles. The molecule has 64 valence electrons. The summed E-state index contributed by atoms with van der Waals surface area (Å²) in [7, 11) is 0. The van der Waals surface area contributed by atoms with Crippen LogP contribution in [-0.2, 0) is 0 Å². The minimum absolute atomic E-state index is 0.297. The molecule has 0 unspecified atom stereocenters. The van der Waals surface area contributed by atoms with E-state index in [1.165, 1.54) is 11.1 Å². The Kier molecular flexibility index (Phi) is 1.38. The molecule has 0 spiro atoms. The van der Waals surface area contributed by atoms with Gasteiger partial charge in [0.1, 0.15) is 0 Å². The molecular formula is C12H16. The molecule has 0 amide bonds. The van der Waals surface area contributed by atoms with Gasteiger partial charge in [0.05, 0.1) is 0 Å². The zero-order valence-electron chi connectivity index (χ0n) is 8.31. The molecule has 0 saturated heterocycles. The first-order valence-corrected chi connectivity index (χ1v) is 4.57. The Morgan fingerprint density at radius 1 is 0.750 bits per heavy atom. The molecule has 2 aliphatic carbocycles. The topological polar surface area (TPSA) is 0 Å². The Labute approximate surface area is 75.4 Å². The molecule has 0 aliphatic heterocycles. The quantitative estimate of drug-likeness (QED) is 0.594. The Morgan fingerprint density at radius 3 is 1.17 bits per heavy atom. The maximum Gasteiger partial charge on any atom is 0.00863 e. The Balaban J connectivity index is 2.25. The minimum atomic E-state index is 0.297. The number of rotatable bonds is 3. The molecule has 2 radical (unpaired) electrons. The summed E-state index contributed by atoms with van der Waals surface area (Å²) < 4.78 is 0. The van der Waals surface area contributed by atoms with E-state index in [2.05, 4.69) is 52.7 Å². The van der Waals surface area contributed by atoms with Gasteiger partial charge in [-0.1, -0.05) is 51.0 Å². The van der Waals surface area contributed by atoms with Gasteiger partial charge in [-0.05, 0) is 10.8 Å². The third-order valence-corrected chi connectivity index (χ3v) is 3.67. The van der Waals surface area contributed by atoms with Crippen molar-refractivity contribution >= 4 is 0 Å². The van der Waals surface area contributed by atoms with Crippen LogP contribution in [0.3, 0.4) is 0 Å². The fourth-order valence-electron chi connectivity index (χ4n) is 1.64.